The molecule has 0 amide bonds. The molecule has 5 aromatic carbocycles. The SMILES string of the molecule is Brc1cccc2c1CCCC2.Brc1cccc2ncccc12.[C-]#[N+]Cc1c(Br)ccc2c1CCCC2.[C-]#[N+]Cc1c([N+]#[C-])ccc2c1CCCC2.[C-]#[N+]Cc1cccc2c1CCCC2. The molecule has 0 saturated heterocycles. The number of fused-ring (bicyclic) bond motifs is 5. The second kappa shape index (κ2) is 25.4. The number of pyridine rings is 1. The van der Waals surface area contributed by atoms with Crippen molar-refractivity contribution in [2.75, 3.05) is 0 Å². The predicted octanol–water partition coefficient (Wildman–Crippen LogP) is 16.6. The minimum absolute atomic E-state index is 0.362. The monoisotopic (exact) mass is 1030 g/mol. The van der Waals surface area contributed by atoms with Gasteiger partial charge in [-0.3, -0.25) is 4.98 Å². The van der Waals surface area contributed by atoms with Gasteiger partial charge in [-0.2, -0.15) is 0 Å². The van der Waals surface area contributed by atoms with Crippen molar-refractivity contribution in [2.45, 2.75) is 122 Å². The number of hydrogen-bond acceptors (Lipinski definition) is 1. The molecule has 0 radical (unpaired) electrons. The first-order valence-corrected chi connectivity index (χ1v) is 24.9. The fourth-order valence-corrected chi connectivity index (χ4v) is 10.9. The molecule has 64 heavy (non-hydrogen) atoms. The molecule has 4 aliphatic rings. The molecule has 0 unspecified atom stereocenters. The zero-order valence-electron chi connectivity index (χ0n) is 36.5. The number of halogens is 3. The zero-order chi connectivity index (χ0) is 45.1. The average Bonchev–Trinajstić information content (AvgIpc) is 3.34. The van der Waals surface area contributed by atoms with E-state index in [1.165, 1.54) is 132 Å². The largest absolute Gasteiger partial charge is 0.313 e. The van der Waals surface area contributed by atoms with Gasteiger partial charge in [0.25, 0.3) is 0 Å². The highest BCUT2D eigenvalue weighted by Gasteiger charge is 2.19. The highest BCUT2D eigenvalue weighted by molar-refractivity contribution is 9.11. The van der Waals surface area contributed by atoms with Crippen molar-refractivity contribution >= 4 is 64.4 Å². The van der Waals surface area contributed by atoms with Gasteiger partial charge in [-0.15, -0.1) is 0 Å². The van der Waals surface area contributed by atoms with Gasteiger partial charge in [-0.05, 0) is 178 Å². The Labute approximate surface area is 406 Å². The summed E-state index contributed by atoms with van der Waals surface area (Å²) in [5.41, 5.74) is 16.7. The van der Waals surface area contributed by atoms with Crippen LogP contribution >= 0.6 is 47.8 Å². The molecule has 0 aliphatic heterocycles. The first-order chi connectivity index (χ1) is 31.4. The second-order valence-electron chi connectivity index (χ2n) is 16.5. The van der Waals surface area contributed by atoms with Crippen molar-refractivity contribution in [1.29, 1.82) is 0 Å². The maximum Gasteiger partial charge on any atom is 0.241 e. The first kappa shape index (κ1) is 48.4. The number of aromatic nitrogens is 1. The smallest absolute Gasteiger partial charge is 0.241 e. The molecule has 0 fully saturated rings. The number of aryl methyl sites for hydroxylation is 4. The van der Waals surface area contributed by atoms with Crippen LogP contribution in [-0.4, -0.2) is 4.98 Å². The van der Waals surface area contributed by atoms with Crippen molar-refractivity contribution in [3.05, 3.63) is 217 Å². The molecule has 10 rings (SSSR count). The van der Waals surface area contributed by atoms with Crippen LogP contribution in [0.4, 0.5) is 5.69 Å². The Hall–Kier alpha value is -5.09. The quantitative estimate of drug-likeness (QED) is 0.163. The maximum atomic E-state index is 7.10. The molecule has 4 aliphatic carbocycles. The molecule has 324 valence electrons. The molecular formula is C56H54Br3N5. The fraction of sp³-hybridized carbons (Fsp3) is 0.339. The summed E-state index contributed by atoms with van der Waals surface area (Å²) in [5.74, 6) is 0. The van der Waals surface area contributed by atoms with E-state index in [0.717, 1.165) is 44.7 Å². The number of nitrogens with zero attached hydrogens (tertiary/aromatic N) is 5. The molecule has 8 heteroatoms. The molecule has 0 atom stereocenters. The molecule has 0 saturated carbocycles. The van der Waals surface area contributed by atoms with E-state index in [4.69, 9.17) is 26.3 Å². The van der Waals surface area contributed by atoms with Gasteiger partial charge < -0.3 is 14.5 Å². The van der Waals surface area contributed by atoms with Gasteiger partial charge in [0.05, 0.1) is 12.1 Å². The number of rotatable bonds is 3. The third-order valence-corrected chi connectivity index (χ3v) is 14.7. The summed E-state index contributed by atoms with van der Waals surface area (Å²) in [6.45, 7) is 29.3. The summed E-state index contributed by atoms with van der Waals surface area (Å²) < 4.78 is 3.51. The predicted molar refractivity (Wildman–Crippen MR) is 274 cm³/mol. The minimum atomic E-state index is 0.362. The van der Waals surface area contributed by atoms with Gasteiger partial charge in [0.2, 0.25) is 19.6 Å². The van der Waals surface area contributed by atoms with E-state index in [0.29, 0.717) is 25.3 Å². The Morgan fingerprint density at radius 2 is 0.922 bits per heavy atom. The van der Waals surface area contributed by atoms with Crippen LogP contribution < -0.4 is 0 Å². The zero-order valence-corrected chi connectivity index (χ0v) is 41.3. The van der Waals surface area contributed by atoms with Crippen LogP contribution in [-0.2, 0) is 71.0 Å². The van der Waals surface area contributed by atoms with Crippen LogP contribution in [0.2, 0.25) is 0 Å². The van der Waals surface area contributed by atoms with Gasteiger partial charge in [0.15, 0.2) is 5.69 Å². The topological polar surface area (TPSA) is 30.3 Å². The van der Waals surface area contributed by atoms with Crippen LogP contribution in [0.3, 0.4) is 0 Å². The summed E-state index contributed by atoms with van der Waals surface area (Å²) in [7, 11) is 0. The Bertz CT molecular complexity index is 2710. The van der Waals surface area contributed by atoms with Crippen molar-refractivity contribution in [2.24, 2.45) is 0 Å². The molecule has 0 spiro atoms. The lowest BCUT2D eigenvalue weighted by Gasteiger charge is -2.18. The molecule has 5 nitrogen and oxygen atoms in total. The van der Waals surface area contributed by atoms with Gasteiger partial charge in [-0.25, -0.2) is 24.6 Å². The molecule has 0 bridgehead atoms. The third kappa shape index (κ3) is 13.0. The van der Waals surface area contributed by atoms with Crippen LogP contribution in [0.1, 0.15) is 113 Å². The molecule has 1 heterocycles. The van der Waals surface area contributed by atoms with Crippen molar-refractivity contribution in [3.8, 4) is 0 Å². The lowest BCUT2D eigenvalue weighted by molar-refractivity contribution is 0.679. The highest BCUT2D eigenvalue weighted by Crippen LogP contribution is 2.33. The van der Waals surface area contributed by atoms with E-state index in [1.54, 1.807) is 17.3 Å². The summed E-state index contributed by atoms with van der Waals surface area (Å²) in [5, 5.41) is 1.16. The second-order valence-corrected chi connectivity index (χ2v) is 19.1. The third-order valence-electron chi connectivity index (χ3n) is 12.5. The van der Waals surface area contributed by atoms with Crippen LogP contribution in [0.25, 0.3) is 30.3 Å². The van der Waals surface area contributed by atoms with Crippen LogP contribution in [0.5, 0.6) is 0 Å². The van der Waals surface area contributed by atoms with Gasteiger partial charge >= 0.3 is 0 Å². The lowest BCUT2D eigenvalue weighted by Crippen LogP contribution is -2.06. The van der Waals surface area contributed by atoms with E-state index < -0.39 is 0 Å². The van der Waals surface area contributed by atoms with Gasteiger partial charge in [0, 0.05) is 41.7 Å². The Morgan fingerprint density at radius 3 is 1.53 bits per heavy atom. The summed E-state index contributed by atoms with van der Waals surface area (Å²) in [6, 6.07) is 31.1. The van der Waals surface area contributed by atoms with E-state index in [-0.39, 0.29) is 0 Å². The van der Waals surface area contributed by atoms with Gasteiger partial charge in [0.1, 0.15) is 0 Å². The molecular weight excluding hydrogens is 982 g/mol. The Morgan fingerprint density at radius 1 is 0.422 bits per heavy atom. The van der Waals surface area contributed by atoms with E-state index in [9.17, 15) is 0 Å². The normalized spacial score (nSPS) is 13.9. The van der Waals surface area contributed by atoms with Crippen LogP contribution in [0.15, 0.2) is 111 Å². The Kier molecular flexibility index (Phi) is 19.2. The van der Waals surface area contributed by atoms with E-state index in [2.05, 4.69) is 127 Å². The van der Waals surface area contributed by atoms with Gasteiger partial charge in [-0.1, -0.05) is 108 Å². The van der Waals surface area contributed by atoms with E-state index in [1.807, 2.05) is 36.4 Å². The molecule has 6 aromatic rings. The molecule has 0 N–H and O–H groups in total. The lowest BCUT2D eigenvalue weighted by atomic mass is 9.87. The average molecular weight is 1040 g/mol. The standard InChI is InChI=1S/C13H12N2.C12H12BrN.C12H13N.C10H11Br.C9H6BrN/c1-14-9-12-11-6-4-3-5-10(11)7-8-13(12)15-2;1-14-8-11-10-5-3-2-4-9(10)6-7-12(11)13;1-13-9-11-7-4-6-10-5-2-3-8-12(10)11;11-10-7-3-5-8-4-1-2-6-9(8)10;10-8-4-1-5-9-7(8)3-2-6-11-9/h7-8H,3-6,9H2;6-7H,2-5,8H2;4,6-7H,2-3,5,8-9H2;3,5,7H,1-2,4,6H2;1-6H. The highest BCUT2D eigenvalue weighted by atomic mass is 79.9. The van der Waals surface area contributed by atoms with Crippen LogP contribution in [0, 0.1) is 26.3 Å². The summed E-state index contributed by atoms with van der Waals surface area (Å²) in [6.07, 6.45) is 21.6. The van der Waals surface area contributed by atoms with Crippen molar-refractivity contribution < 1.29 is 0 Å². The summed E-state index contributed by atoms with van der Waals surface area (Å²) >= 11 is 10.6. The number of hydrogen-bond donors (Lipinski definition) is 0. The molecule has 1 aromatic heterocycles. The first-order valence-electron chi connectivity index (χ1n) is 22.5. The van der Waals surface area contributed by atoms with E-state index >= 15 is 0 Å². The Balaban J connectivity index is 0.000000133. The minimum Gasteiger partial charge on any atom is -0.313 e. The number of benzene rings is 5. The summed E-state index contributed by atoms with van der Waals surface area (Å²) in [4.78, 5) is 18.1. The van der Waals surface area contributed by atoms with Crippen molar-refractivity contribution in [3.63, 3.8) is 0 Å². The fourth-order valence-electron chi connectivity index (χ4n) is 9.27. The van der Waals surface area contributed by atoms with Crippen molar-refractivity contribution in [1.82, 2.24) is 4.98 Å². The maximum absolute atomic E-state index is 7.10.